The first kappa shape index (κ1) is 13.1. The molecule has 1 aliphatic rings. The molecule has 0 radical (unpaired) electrons. The Balaban J connectivity index is 2.24. The lowest BCUT2D eigenvalue weighted by Crippen LogP contribution is -2.32. The zero-order chi connectivity index (χ0) is 13.5. The lowest BCUT2D eigenvalue weighted by molar-refractivity contribution is -0.130. The summed E-state index contributed by atoms with van der Waals surface area (Å²) in [6.45, 7) is 1.81. The molecule has 1 aromatic rings. The molecule has 0 spiro atoms. The van der Waals surface area contributed by atoms with Gasteiger partial charge in [-0.15, -0.1) is 0 Å². The lowest BCUT2D eigenvalue weighted by atomic mass is 9.70. The van der Waals surface area contributed by atoms with Crippen LogP contribution >= 0.6 is 0 Å². The molecule has 0 saturated heterocycles. The average molecular weight is 274 g/mol. The van der Waals surface area contributed by atoms with Crippen LogP contribution < -0.4 is 0 Å². The summed E-state index contributed by atoms with van der Waals surface area (Å²) in [7, 11) is -4.53. The summed E-state index contributed by atoms with van der Waals surface area (Å²) >= 11 is 0. The summed E-state index contributed by atoms with van der Waals surface area (Å²) in [6, 6.07) is 5.35. The Morgan fingerprint density at radius 3 is 2.17 bits per heavy atom. The van der Waals surface area contributed by atoms with Crippen LogP contribution in [0.3, 0.4) is 0 Å². The fourth-order valence-corrected chi connectivity index (χ4v) is 2.78. The SMILES string of the molecule is CC1C(=O)CC1c1ccc(S(=O)(=O)C(F)F)cc1. The summed E-state index contributed by atoms with van der Waals surface area (Å²) in [6.07, 6.45) is 0.433. The Hall–Kier alpha value is -1.30. The maximum Gasteiger partial charge on any atom is 0.341 e. The minimum absolute atomic E-state index is 0.0702. The Morgan fingerprint density at radius 2 is 1.78 bits per heavy atom. The van der Waals surface area contributed by atoms with Gasteiger partial charge in [0, 0.05) is 18.3 Å². The first-order chi connectivity index (χ1) is 8.34. The normalized spacial score (nSPS) is 24.1. The summed E-state index contributed by atoms with van der Waals surface area (Å²) < 4.78 is 47.0. The molecule has 0 N–H and O–H groups in total. The van der Waals surface area contributed by atoms with Crippen molar-refractivity contribution in [1.82, 2.24) is 0 Å². The second kappa shape index (κ2) is 4.42. The molecule has 2 atom stereocenters. The van der Waals surface area contributed by atoms with Crippen LogP contribution in [0.4, 0.5) is 8.78 Å². The van der Waals surface area contributed by atoms with Gasteiger partial charge in [-0.2, -0.15) is 8.78 Å². The molecule has 0 amide bonds. The van der Waals surface area contributed by atoms with Gasteiger partial charge in [-0.1, -0.05) is 19.1 Å². The van der Waals surface area contributed by atoms with Gasteiger partial charge in [0.1, 0.15) is 5.78 Å². The summed E-state index contributed by atoms with van der Waals surface area (Å²) in [5.74, 6) is -3.25. The van der Waals surface area contributed by atoms with Crippen molar-refractivity contribution < 1.29 is 22.0 Å². The van der Waals surface area contributed by atoms with Crippen molar-refractivity contribution in [2.24, 2.45) is 5.92 Å². The van der Waals surface area contributed by atoms with Crippen LogP contribution in [-0.2, 0) is 14.6 Å². The van der Waals surface area contributed by atoms with Crippen LogP contribution in [0.25, 0.3) is 0 Å². The molecule has 98 valence electrons. The van der Waals surface area contributed by atoms with Gasteiger partial charge < -0.3 is 0 Å². The first-order valence-corrected chi connectivity index (χ1v) is 7.03. The topological polar surface area (TPSA) is 51.2 Å². The van der Waals surface area contributed by atoms with Crippen LogP contribution in [0.1, 0.15) is 24.8 Å². The van der Waals surface area contributed by atoms with Crippen molar-refractivity contribution in [1.29, 1.82) is 0 Å². The highest BCUT2D eigenvalue weighted by Gasteiger charge is 2.37. The zero-order valence-corrected chi connectivity index (χ0v) is 10.5. The zero-order valence-electron chi connectivity index (χ0n) is 9.64. The molecule has 0 aliphatic heterocycles. The van der Waals surface area contributed by atoms with Gasteiger partial charge in [0.25, 0.3) is 0 Å². The fourth-order valence-electron chi connectivity index (χ4n) is 2.06. The van der Waals surface area contributed by atoms with E-state index in [1.807, 2.05) is 0 Å². The molecule has 2 unspecified atom stereocenters. The summed E-state index contributed by atoms with van der Waals surface area (Å²) in [5, 5.41) is 0. The van der Waals surface area contributed by atoms with Crippen LogP contribution in [-0.4, -0.2) is 20.0 Å². The predicted octanol–water partition coefficient (Wildman–Crippen LogP) is 2.38. The quantitative estimate of drug-likeness (QED) is 0.850. The highest BCUT2D eigenvalue weighted by Crippen LogP contribution is 2.39. The van der Waals surface area contributed by atoms with Gasteiger partial charge in [-0.3, -0.25) is 4.79 Å². The maximum absolute atomic E-state index is 12.3. The predicted molar refractivity (Wildman–Crippen MR) is 61.2 cm³/mol. The second-order valence-corrected chi connectivity index (χ2v) is 6.36. The van der Waals surface area contributed by atoms with E-state index in [4.69, 9.17) is 0 Å². The number of hydrogen-bond acceptors (Lipinski definition) is 3. The molecule has 1 aliphatic carbocycles. The monoisotopic (exact) mass is 274 g/mol. The minimum atomic E-state index is -4.53. The molecule has 1 aromatic carbocycles. The smallest absolute Gasteiger partial charge is 0.299 e. The molecule has 0 bridgehead atoms. The second-order valence-electron chi connectivity index (χ2n) is 4.44. The van der Waals surface area contributed by atoms with Crippen molar-refractivity contribution in [3.05, 3.63) is 29.8 Å². The Bertz CT molecular complexity index is 563. The van der Waals surface area contributed by atoms with Crippen LogP contribution in [0.15, 0.2) is 29.2 Å². The molecular weight excluding hydrogens is 262 g/mol. The van der Waals surface area contributed by atoms with Crippen molar-refractivity contribution in [3.63, 3.8) is 0 Å². The number of ketones is 1. The van der Waals surface area contributed by atoms with Gasteiger partial charge in [0.15, 0.2) is 0 Å². The third-order valence-corrected chi connectivity index (χ3v) is 4.80. The molecule has 18 heavy (non-hydrogen) atoms. The first-order valence-electron chi connectivity index (χ1n) is 5.48. The maximum atomic E-state index is 12.3. The van der Waals surface area contributed by atoms with Gasteiger partial charge >= 0.3 is 5.76 Å². The van der Waals surface area contributed by atoms with E-state index in [-0.39, 0.29) is 22.5 Å². The van der Waals surface area contributed by atoms with E-state index in [9.17, 15) is 22.0 Å². The summed E-state index contributed by atoms with van der Waals surface area (Å²) in [5.41, 5.74) is 0.815. The van der Waals surface area contributed by atoms with Crippen molar-refractivity contribution in [2.45, 2.75) is 29.9 Å². The van der Waals surface area contributed by atoms with E-state index < -0.39 is 15.6 Å². The Morgan fingerprint density at radius 1 is 1.22 bits per heavy atom. The van der Waals surface area contributed by atoms with Gasteiger partial charge in [-0.05, 0) is 17.7 Å². The standard InChI is InChI=1S/C12H12F2O3S/c1-7-10(6-11(7)15)8-2-4-9(5-3-8)18(16,17)12(13)14/h2-5,7,10,12H,6H2,1H3. The number of halogens is 2. The molecule has 0 aromatic heterocycles. The van der Waals surface area contributed by atoms with E-state index in [1.165, 1.54) is 24.3 Å². The van der Waals surface area contributed by atoms with Crippen molar-refractivity contribution >= 4 is 15.6 Å². The Kier molecular flexibility index (Phi) is 3.23. The van der Waals surface area contributed by atoms with E-state index >= 15 is 0 Å². The number of rotatable bonds is 3. The molecule has 1 saturated carbocycles. The molecule has 3 nitrogen and oxygen atoms in total. The largest absolute Gasteiger partial charge is 0.341 e. The average Bonchev–Trinajstić information content (AvgIpc) is 2.35. The molecule has 2 rings (SSSR count). The number of carbonyl (C=O) groups excluding carboxylic acids is 1. The molecule has 0 heterocycles. The van der Waals surface area contributed by atoms with E-state index in [1.54, 1.807) is 6.92 Å². The van der Waals surface area contributed by atoms with Crippen LogP contribution in [0.5, 0.6) is 0 Å². The van der Waals surface area contributed by atoms with Crippen molar-refractivity contribution in [2.75, 3.05) is 0 Å². The van der Waals surface area contributed by atoms with E-state index in [0.717, 1.165) is 5.56 Å². The van der Waals surface area contributed by atoms with E-state index in [2.05, 4.69) is 0 Å². The highest BCUT2D eigenvalue weighted by atomic mass is 32.2. The lowest BCUT2D eigenvalue weighted by Gasteiger charge is -2.32. The number of carbonyl (C=O) groups is 1. The van der Waals surface area contributed by atoms with E-state index in [0.29, 0.717) is 6.42 Å². The third kappa shape index (κ3) is 2.05. The van der Waals surface area contributed by atoms with Gasteiger partial charge in [-0.25, -0.2) is 8.42 Å². The number of Topliss-reactive ketones (excluding diaryl/α,β-unsaturated/α-hetero) is 1. The number of hydrogen-bond donors (Lipinski definition) is 0. The third-order valence-electron chi connectivity index (χ3n) is 3.40. The fraction of sp³-hybridized carbons (Fsp3) is 0.417. The van der Waals surface area contributed by atoms with Crippen LogP contribution in [0, 0.1) is 5.92 Å². The number of sulfone groups is 1. The van der Waals surface area contributed by atoms with Crippen LogP contribution in [0.2, 0.25) is 0 Å². The molecule has 1 fully saturated rings. The minimum Gasteiger partial charge on any atom is -0.299 e. The number of alkyl halides is 2. The highest BCUT2D eigenvalue weighted by molar-refractivity contribution is 7.91. The molecular formula is C12H12F2O3S. The number of benzene rings is 1. The van der Waals surface area contributed by atoms with Crippen molar-refractivity contribution in [3.8, 4) is 0 Å². The van der Waals surface area contributed by atoms with Gasteiger partial charge in [0.2, 0.25) is 9.84 Å². The van der Waals surface area contributed by atoms with Gasteiger partial charge in [0.05, 0.1) is 4.90 Å². The molecule has 6 heteroatoms. The Labute approximate surface area is 104 Å². The summed E-state index contributed by atoms with van der Waals surface area (Å²) in [4.78, 5) is 10.7.